The molecule has 0 unspecified atom stereocenters. The summed E-state index contributed by atoms with van der Waals surface area (Å²) in [4.78, 5) is 42.5. The lowest BCUT2D eigenvalue weighted by Gasteiger charge is -2.16. The molecule has 0 spiro atoms. The number of nitrogens with zero attached hydrogens (tertiary/aromatic N) is 2. The van der Waals surface area contributed by atoms with Gasteiger partial charge in [-0.15, -0.1) is 0 Å². The molecule has 0 bridgehead atoms. The number of hydrogen-bond donors (Lipinski definition) is 2. The van der Waals surface area contributed by atoms with Crippen LogP contribution in [-0.2, 0) is 9.59 Å². The van der Waals surface area contributed by atoms with Crippen molar-refractivity contribution in [2.45, 2.75) is 11.7 Å². The highest BCUT2D eigenvalue weighted by Gasteiger charge is 2.40. The van der Waals surface area contributed by atoms with Gasteiger partial charge < -0.3 is 10.4 Å². The lowest BCUT2D eigenvalue weighted by Crippen LogP contribution is -2.31. The zero-order chi connectivity index (χ0) is 22.5. The Kier molecular flexibility index (Phi) is 6.32. The van der Waals surface area contributed by atoms with Gasteiger partial charge in [0.2, 0.25) is 11.8 Å². The molecule has 0 radical (unpaired) electrons. The zero-order valence-corrected chi connectivity index (χ0v) is 17.7. The number of imide groups is 1. The minimum absolute atomic E-state index is 0.0223. The van der Waals surface area contributed by atoms with E-state index >= 15 is 0 Å². The van der Waals surface area contributed by atoms with Crippen LogP contribution in [0, 0.1) is 0 Å². The lowest BCUT2D eigenvalue weighted by atomic mass is 10.2. The molecule has 160 valence electrons. The lowest BCUT2D eigenvalue weighted by molar-refractivity contribution is -0.121. The number of aliphatic imine (C=N–C) groups is 1. The van der Waals surface area contributed by atoms with E-state index in [0.29, 0.717) is 10.9 Å². The Hall–Kier alpha value is -3.91. The van der Waals surface area contributed by atoms with E-state index < -0.39 is 11.2 Å². The summed E-state index contributed by atoms with van der Waals surface area (Å²) < 4.78 is 0. The van der Waals surface area contributed by atoms with Crippen LogP contribution in [0.4, 0.5) is 17.1 Å². The van der Waals surface area contributed by atoms with E-state index in [-0.39, 0.29) is 23.8 Å². The van der Waals surface area contributed by atoms with E-state index in [2.05, 4.69) is 10.3 Å². The van der Waals surface area contributed by atoms with Crippen molar-refractivity contribution in [2.24, 2.45) is 4.99 Å². The van der Waals surface area contributed by atoms with Crippen molar-refractivity contribution in [2.75, 3.05) is 10.2 Å². The second kappa shape index (κ2) is 9.49. The first-order valence-corrected chi connectivity index (χ1v) is 10.7. The first-order valence-electron chi connectivity index (χ1n) is 9.84. The Morgan fingerprint density at radius 2 is 1.56 bits per heavy atom. The Labute approximate surface area is 188 Å². The number of nitrogens with one attached hydrogen (secondary N) is 1. The van der Waals surface area contributed by atoms with E-state index in [1.807, 2.05) is 60.7 Å². The van der Waals surface area contributed by atoms with Gasteiger partial charge >= 0.3 is 5.97 Å². The van der Waals surface area contributed by atoms with Gasteiger partial charge in [-0.05, 0) is 48.5 Å². The predicted molar refractivity (Wildman–Crippen MR) is 125 cm³/mol. The van der Waals surface area contributed by atoms with Crippen molar-refractivity contribution >= 4 is 51.8 Å². The number of amides is 2. The molecule has 1 aliphatic heterocycles. The third kappa shape index (κ3) is 4.87. The molecular weight excluding hydrogens is 426 g/mol. The fourth-order valence-electron chi connectivity index (χ4n) is 3.20. The predicted octanol–water partition coefficient (Wildman–Crippen LogP) is 4.55. The molecule has 1 saturated heterocycles. The monoisotopic (exact) mass is 445 g/mol. The molecule has 0 aromatic heterocycles. The standard InChI is InChI=1S/C24H19N3O4S/c28-21-15-20(22(29)27(21)19-13-11-16(12-14-19)23(30)31)32-24(25-17-7-3-1-4-8-17)26-18-9-5-2-6-10-18/h1-14,20H,15H2,(H,25,26)(H,30,31)/t20-/m1/s1. The molecule has 7 nitrogen and oxygen atoms in total. The van der Waals surface area contributed by atoms with E-state index in [1.54, 1.807) is 0 Å². The van der Waals surface area contributed by atoms with Gasteiger partial charge in [-0.1, -0.05) is 48.2 Å². The molecular formula is C24H19N3O4S. The van der Waals surface area contributed by atoms with E-state index in [9.17, 15) is 14.4 Å². The highest BCUT2D eigenvalue weighted by molar-refractivity contribution is 8.15. The Bertz CT molecular complexity index is 1160. The summed E-state index contributed by atoms with van der Waals surface area (Å²) in [6, 6.07) is 24.5. The fourth-order valence-corrected chi connectivity index (χ4v) is 4.24. The third-order valence-electron chi connectivity index (χ3n) is 4.74. The van der Waals surface area contributed by atoms with Gasteiger partial charge in [0, 0.05) is 12.1 Å². The number of hydrogen-bond acceptors (Lipinski definition) is 5. The molecule has 2 N–H and O–H groups in total. The van der Waals surface area contributed by atoms with Crippen LogP contribution in [0.1, 0.15) is 16.8 Å². The number of para-hydroxylation sites is 2. The number of carbonyl (C=O) groups excluding carboxylic acids is 2. The van der Waals surface area contributed by atoms with Crippen LogP contribution in [-0.4, -0.2) is 33.3 Å². The van der Waals surface area contributed by atoms with Crippen LogP contribution in [0.5, 0.6) is 0 Å². The topological polar surface area (TPSA) is 99.1 Å². The molecule has 3 aromatic rings. The number of aromatic carboxylic acids is 1. The van der Waals surface area contributed by atoms with E-state index in [4.69, 9.17) is 5.11 Å². The van der Waals surface area contributed by atoms with Gasteiger partial charge in [0.1, 0.15) is 5.25 Å². The van der Waals surface area contributed by atoms with Crippen LogP contribution in [0.3, 0.4) is 0 Å². The summed E-state index contributed by atoms with van der Waals surface area (Å²) in [5.74, 6) is -1.77. The molecule has 0 saturated carbocycles. The molecule has 0 aliphatic carbocycles. The maximum Gasteiger partial charge on any atom is 0.335 e. The number of thioether (sulfide) groups is 1. The molecule has 32 heavy (non-hydrogen) atoms. The smallest absolute Gasteiger partial charge is 0.335 e. The maximum absolute atomic E-state index is 13.1. The van der Waals surface area contributed by atoms with Crippen molar-refractivity contribution in [1.29, 1.82) is 0 Å². The number of rotatable bonds is 5. The second-order valence-electron chi connectivity index (χ2n) is 6.97. The van der Waals surface area contributed by atoms with Crippen LogP contribution >= 0.6 is 11.8 Å². The normalized spacial score (nSPS) is 16.3. The summed E-state index contributed by atoms with van der Waals surface area (Å²) in [5.41, 5.74) is 1.97. The maximum atomic E-state index is 13.1. The van der Waals surface area contributed by atoms with Crippen LogP contribution < -0.4 is 10.2 Å². The number of carbonyl (C=O) groups is 3. The van der Waals surface area contributed by atoms with Gasteiger partial charge in [-0.3, -0.25) is 9.59 Å². The molecule has 1 atom stereocenters. The van der Waals surface area contributed by atoms with E-state index in [0.717, 1.165) is 16.3 Å². The average molecular weight is 446 g/mol. The Morgan fingerprint density at radius 3 is 2.19 bits per heavy atom. The summed E-state index contributed by atoms with van der Waals surface area (Å²) >= 11 is 1.19. The van der Waals surface area contributed by atoms with Gasteiger partial charge in [0.25, 0.3) is 0 Å². The average Bonchev–Trinajstić information content (AvgIpc) is 3.08. The first-order chi connectivity index (χ1) is 15.5. The Morgan fingerprint density at radius 1 is 0.938 bits per heavy atom. The fraction of sp³-hybridized carbons (Fsp3) is 0.0833. The molecule has 1 fully saturated rings. The number of benzene rings is 3. The molecule has 1 heterocycles. The third-order valence-corrected chi connectivity index (χ3v) is 5.81. The highest BCUT2D eigenvalue weighted by Crippen LogP contribution is 2.31. The number of amidine groups is 1. The molecule has 3 aromatic carbocycles. The largest absolute Gasteiger partial charge is 0.478 e. The van der Waals surface area contributed by atoms with Crippen LogP contribution in [0.2, 0.25) is 0 Å². The molecule has 8 heteroatoms. The van der Waals surface area contributed by atoms with Crippen LogP contribution in [0.25, 0.3) is 0 Å². The summed E-state index contributed by atoms with van der Waals surface area (Å²) in [6.07, 6.45) is 0.0223. The van der Waals surface area contributed by atoms with Crippen LogP contribution in [0.15, 0.2) is 89.9 Å². The summed E-state index contributed by atoms with van der Waals surface area (Å²) in [7, 11) is 0. The minimum atomic E-state index is -1.07. The Balaban J connectivity index is 1.57. The van der Waals surface area contributed by atoms with Gasteiger partial charge in [-0.25, -0.2) is 14.7 Å². The van der Waals surface area contributed by atoms with Crippen molar-refractivity contribution in [3.05, 3.63) is 90.5 Å². The van der Waals surface area contributed by atoms with E-state index in [1.165, 1.54) is 36.0 Å². The van der Waals surface area contributed by atoms with Crippen molar-refractivity contribution in [3.63, 3.8) is 0 Å². The molecule has 2 amide bonds. The summed E-state index contributed by atoms with van der Waals surface area (Å²) in [5, 5.41) is 12.1. The van der Waals surface area contributed by atoms with Gasteiger partial charge in [-0.2, -0.15) is 0 Å². The zero-order valence-electron chi connectivity index (χ0n) is 16.8. The second-order valence-corrected chi connectivity index (χ2v) is 8.16. The minimum Gasteiger partial charge on any atom is -0.478 e. The molecule has 1 aliphatic rings. The summed E-state index contributed by atoms with van der Waals surface area (Å²) in [6.45, 7) is 0. The first kappa shape index (κ1) is 21.3. The van der Waals surface area contributed by atoms with Gasteiger partial charge in [0.15, 0.2) is 5.17 Å². The number of anilines is 2. The van der Waals surface area contributed by atoms with Crippen molar-refractivity contribution < 1.29 is 19.5 Å². The molecule has 4 rings (SSSR count). The van der Waals surface area contributed by atoms with Gasteiger partial charge in [0.05, 0.1) is 16.9 Å². The SMILES string of the molecule is O=C(O)c1ccc(N2C(=O)C[C@@H](SC(=Nc3ccccc3)Nc3ccccc3)C2=O)cc1. The quantitative estimate of drug-likeness (QED) is 0.340. The van der Waals surface area contributed by atoms with Crippen molar-refractivity contribution in [1.82, 2.24) is 0 Å². The number of carboxylic acids is 1. The van der Waals surface area contributed by atoms with Crippen molar-refractivity contribution in [3.8, 4) is 0 Å². The number of carboxylic acid groups (broad SMARTS) is 1. The highest BCUT2D eigenvalue weighted by atomic mass is 32.2.